The molecule has 6 heteroatoms. The predicted octanol–water partition coefficient (Wildman–Crippen LogP) is 1.98. The van der Waals surface area contributed by atoms with Gasteiger partial charge in [0.15, 0.2) is 0 Å². The smallest absolute Gasteiger partial charge is 0.321 e. The summed E-state index contributed by atoms with van der Waals surface area (Å²) in [6.07, 6.45) is 2.53. The van der Waals surface area contributed by atoms with E-state index in [1.807, 2.05) is 30.3 Å². The van der Waals surface area contributed by atoms with E-state index in [9.17, 15) is 9.59 Å². The first-order valence-electron chi connectivity index (χ1n) is 7.29. The number of benzene rings is 1. The summed E-state index contributed by atoms with van der Waals surface area (Å²) in [4.78, 5) is 29.3. The van der Waals surface area contributed by atoms with Gasteiger partial charge >= 0.3 is 6.03 Å². The number of hydrogen-bond donors (Lipinski definition) is 2. The van der Waals surface area contributed by atoms with Crippen LogP contribution in [0.1, 0.15) is 13.3 Å². The van der Waals surface area contributed by atoms with E-state index in [4.69, 9.17) is 0 Å². The Morgan fingerprint density at radius 1 is 1.32 bits per heavy atom. The number of aromatic nitrogens is 1. The molecule has 3 amide bonds. The molecule has 2 N–H and O–H groups in total. The van der Waals surface area contributed by atoms with E-state index in [2.05, 4.69) is 15.6 Å². The van der Waals surface area contributed by atoms with Crippen molar-refractivity contribution in [3.05, 3.63) is 36.5 Å². The van der Waals surface area contributed by atoms with Gasteiger partial charge in [0.05, 0.1) is 5.52 Å². The van der Waals surface area contributed by atoms with Crippen molar-refractivity contribution >= 4 is 28.5 Å². The number of anilines is 1. The Morgan fingerprint density at radius 2 is 2.18 bits per heavy atom. The van der Waals surface area contributed by atoms with Crippen LogP contribution in [-0.2, 0) is 4.79 Å². The van der Waals surface area contributed by atoms with E-state index in [0.29, 0.717) is 13.1 Å². The predicted molar refractivity (Wildman–Crippen MR) is 84.6 cm³/mol. The van der Waals surface area contributed by atoms with E-state index in [1.54, 1.807) is 11.1 Å². The minimum Gasteiger partial charge on any atom is -0.352 e. The number of nitrogens with one attached hydrogen (secondary N) is 2. The zero-order valence-corrected chi connectivity index (χ0v) is 12.4. The van der Waals surface area contributed by atoms with Gasteiger partial charge in [0.1, 0.15) is 0 Å². The zero-order chi connectivity index (χ0) is 15.5. The summed E-state index contributed by atoms with van der Waals surface area (Å²) >= 11 is 0. The molecule has 0 radical (unpaired) electrons. The molecule has 22 heavy (non-hydrogen) atoms. The van der Waals surface area contributed by atoms with E-state index >= 15 is 0 Å². The van der Waals surface area contributed by atoms with E-state index in [0.717, 1.165) is 23.0 Å². The molecule has 0 unspecified atom stereocenters. The van der Waals surface area contributed by atoms with Gasteiger partial charge in [0, 0.05) is 43.3 Å². The lowest BCUT2D eigenvalue weighted by molar-refractivity contribution is -0.119. The van der Waals surface area contributed by atoms with Crippen LogP contribution in [0.2, 0.25) is 0 Å². The van der Waals surface area contributed by atoms with Crippen molar-refractivity contribution in [1.82, 2.24) is 15.2 Å². The second kappa shape index (κ2) is 6.01. The number of fused-ring (bicyclic) bond motifs is 1. The lowest BCUT2D eigenvalue weighted by atomic mass is 10.2. The van der Waals surface area contributed by atoms with Crippen molar-refractivity contribution in [2.24, 2.45) is 0 Å². The molecule has 2 heterocycles. The van der Waals surface area contributed by atoms with Crippen molar-refractivity contribution in [3.8, 4) is 0 Å². The molecule has 0 bridgehead atoms. The van der Waals surface area contributed by atoms with Gasteiger partial charge in [-0.2, -0.15) is 0 Å². The summed E-state index contributed by atoms with van der Waals surface area (Å²) in [5.74, 6) is -0.0608. The largest absolute Gasteiger partial charge is 0.352 e. The Kier molecular flexibility index (Phi) is 3.91. The van der Waals surface area contributed by atoms with Crippen LogP contribution < -0.4 is 10.6 Å². The molecule has 1 saturated heterocycles. The van der Waals surface area contributed by atoms with E-state index < -0.39 is 0 Å². The maximum Gasteiger partial charge on any atom is 0.321 e. The molecule has 1 fully saturated rings. The Bertz CT molecular complexity index is 716. The van der Waals surface area contributed by atoms with Gasteiger partial charge in [-0.15, -0.1) is 0 Å². The number of hydrogen-bond acceptors (Lipinski definition) is 3. The topological polar surface area (TPSA) is 74.3 Å². The minimum absolute atomic E-state index is 0.0454. The molecule has 0 spiro atoms. The molecule has 3 rings (SSSR count). The highest BCUT2D eigenvalue weighted by molar-refractivity contribution is 5.92. The Morgan fingerprint density at radius 3 is 3.00 bits per heavy atom. The third-order valence-electron chi connectivity index (χ3n) is 3.74. The second-order valence-electron chi connectivity index (χ2n) is 5.47. The van der Waals surface area contributed by atoms with Gasteiger partial charge in [0.2, 0.25) is 5.91 Å². The summed E-state index contributed by atoms with van der Waals surface area (Å²) in [5, 5.41) is 6.73. The summed E-state index contributed by atoms with van der Waals surface area (Å²) < 4.78 is 0. The van der Waals surface area contributed by atoms with Crippen LogP contribution in [0.4, 0.5) is 10.5 Å². The maximum absolute atomic E-state index is 12.3. The number of rotatable bonds is 2. The van der Waals surface area contributed by atoms with Crippen molar-refractivity contribution in [2.45, 2.75) is 19.4 Å². The molecular formula is C16H18N4O2. The third kappa shape index (κ3) is 3.16. The van der Waals surface area contributed by atoms with Crippen LogP contribution in [0.3, 0.4) is 0 Å². The Balaban J connectivity index is 1.64. The summed E-state index contributed by atoms with van der Waals surface area (Å²) in [6.45, 7) is 2.68. The van der Waals surface area contributed by atoms with Gasteiger partial charge in [-0.1, -0.05) is 6.07 Å². The van der Waals surface area contributed by atoms with E-state index in [-0.39, 0.29) is 18.0 Å². The molecule has 6 nitrogen and oxygen atoms in total. The highest BCUT2D eigenvalue weighted by atomic mass is 16.2. The normalized spacial score (nSPS) is 17.5. The van der Waals surface area contributed by atoms with Gasteiger partial charge in [-0.05, 0) is 30.7 Å². The van der Waals surface area contributed by atoms with Crippen molar-refractivity contribution in [2.75, 3.05) is 18.4 Å². The SMILES string of the molecule is CC(=O)N[C@H]1CCN(C(=O)Nc2ccc3ncccc3c2)C1. The number of nitrogens with zero attached hydrogens (tertiary/aromatic N) is 2. The lowest BCUT2D eigenvalue weighted by Gasteiger charge is -2.17. The first-order chi connectivity index (χ1) is 10.6. The van der Waals surface area contributed by atoms with Gasteiger partial charge in [-0.25, -0.2) is 4.79 Å². The molecule has 2 aromatic rings. The van der Waals surface area contributed by atoms with Gasteiger partial charge in [0.25, 0.3) is 0 Å². The zero-order valence-electron chi connectivity index (χ0n) is 12.4. The average Bonchev–Trinajstić information content (AvgIpc) is 2.95. The molecule has 114 valence electrons. The number of pyridine rings is 1. The van der Waals surface area contributed by atoms with Crippen molar-refractivity contribution < 1.29 is 9.59 Å². The average molecular weight is 298 g/mol. The third-order valence-corrected chi connectivity index (χ3v) is 3.74. The molecular weight excluding hydrogens is 280 g/mol. The van der Waals surface area contributed by atoms with Crippen LogP contribution >= 0.6 is 0 Å². The maximum atomic E-state index is 12.3. The minimum atomic E-state index is -0.143. The number of likely N-dealkylation sites (tertiary alicyclic amines) is 1. The molecule has 1 aliphatic rings. The first kappa shape index (κ1) is 14.3. The second-order valence-corrected chi connectivity index (χ2v) is 5.47. The highest BCUT2D eigenvalue weighted by Crippen LogP contribution is 2.18. The van der Waals surface area contributed by atoms with E-state index in [1.165, 1.54) is 6.92 Å². The highest BCUT2D eigenvalue weighted by Gasteiger charge is 2.26. The van der Waals surface area contributed by atoms with Crippen molar-refractivity contribution in [1.29, 1.82) is 0 Å². The molecule has 1 atom stereocenters. The van der Waals surface area contributed by atoms with Crippen LogP contribution in [0, 0.1) is 0 Å². The van der Waals surface area contributed by atoms with Crippen LogP contribution in [0.25, 0.3) is 10.9 Å². The van der Waals surface area contributed by atoms with Crippen LogP contribution in [0.5, 0.6) is 0 Å². The summed E-state index contributed by atoms with van der Waals surface area (Å²) in [5.41, 5.74) is 1.64. The lowest BCUT2D eigenvalue weighted by Crippen LogP contribution is -2.38. The molecule has 1 aliphatic heterocycles. The quantitative estimate of drug-likeness (QED) is 0.890. The number of carbonyl (C=O) groups is 2. The number of amides is 3. The number of urea groups is 1. The van der Waals surface area contributed by atoms with Crippen LogP contribution in [-0.4, -0.2) is 41.0 Å². The molecule has 0 aliphatic carbocycles. The molecule has 1 aromatic heterocycles. The summed E-state index contributed by atoms with van der Waals surface area (Å²) in [7, 11) is 0. The first-order valence-corrected chi connectivity index (χ1v) is 7.29. The molecule has 0 saturated carbocycles. The van der Waals surface area contributed by atoms with Gasteiger partial charge in [-0.3, -0.25) is 9.78 Å². The monoisotopic (exact) mass is 298 g/mol. The fourth-order valence-electron chi connectivity index (χ4n) is 2.71. The van der Waals surface area contributed by atoms with Crippen LogP contribution in [0.15, 0.2) is 36.5 Å². The fraction of sp³-hybridized carbons (Fsp3) is 0.312. The van der Waals surface area contributed by atoms with Crippen molar-refractivity contribution in [3.63, 3.8) is 0 Å². The summed E-state index contributed by atoms with van der Waals surface area (Å²) in [6, 6.07) is 9.36. The fourth-order valence-corrected chi connectivity index (χ4v) is 2.71. The molecule has 1 aromatic carbocycles. The van der Waals surface area contributed by atoms with Gasteiger partial charge < -0.3 is 15.5 Å². The number of carbonyl (C=O) groups excluding carboxylic acids is 2. The Labute approximate surface area is 128 Å². The standard InChI is InChI=1S/C16H18N4O2/c1-11(21)18-14-6-8-20(10-14)16(22)19-13-4-5-15-12(9-13)3-2-7-17-15/h2-5,7,9,14H,6,8,10H2,1H3,(H,18,21)(H,19,22)/t14-/m0/s1. The Hall–Kier alpha value is -2.63.